The Kier molecular flexibility index (Phi) is 5.91. The summed E-state index contributed by atoms with van der Waals surface area (Å²) in [5.74, 6) is 0.549. The molecule has 32 heavy (non-hydrogen) atoms. The molecule has 0 saturated carbocycles. The highest BCUT2D eigenvalue weighted by Gasteiger charge is 2.16. The van der Waals surface area contributed by atoms with Gasteiger partial charge in [-0.25, -0.2) is 9.97 Å². The Bertz CT molecular complexity index is 1170. The van der Waals surface area contributed by atoms with Crippen molar-refractivity contribution in [2.45, 2.75) is 0 Å². The molecule has 1 saturated heterocycles. The van der Waals surface area contributed by atoms with Gasteiger partial charge in [-0.2, -0.15) is 0 Å². The number of hydrogen-bond donors (Lipinski definition) is 2. The smallest absolute Gasteiger partial charge is 0.227 e. The molecule has 2 aromatic heterocycles. The molecule has 3 heterocycles. The summed E-state index contributed by atoms with van der Waals surface area (Å²) in [7, 11) is 0. The first kappa shape index (κ1) is 20.4. The van der Waals surface area contributed by atoms with Gasteiger partial charge in [0.05, 0.1) is 12.3 Å². The van der Waals surface area contributed by atoms with E-state index in [0.29, 0.717) is 5.95 Å². The van der Waals surface area contributed by atoms with Gasteiger partial charge >= 0.3 is 0 Å². The molecule has 1 aliphatic heterocycles. The molecule has 2 aromatic carbocycles. The van der Waals surface area contributed by atoms with Gasteiger partial charge in [-0.1, -0.05) is 30.3 Å². The molecule has 7 heteroatoms. The monoisotopic (exact) mass is 426 g/mol. The molecule has 4 aromatic rings. The van der Waals surface area contributed by atoms with E-state index in [9.17, 15) is 0 Å². The zero-order valence-electron chi connectivity index (χ0n) is 17.9. The Morgan fingerprint density at radius 3 is 2.41 bits per heavy atom. The number of aliphatic hydroxyl groups excluding tert-OH is 1. The van der Waals surface area contributed by atoms with Crippen LogP contribution in [-0.4, -0.2) is 64.3 Å². The lowest BCUT2D eigenvalue weighted by atomic mass is 10.1. The number of pyridine rings is 1. The normalized spacial score (nSPS) is 14.6. The average molecular weight is 427 g/mol. The van der Waals surface area contributed by atoms with Crippen molar-refractivity contribution < 1.29 is 5.11 Å². The van der Waals surface area contributed by atoms with Crippen LogP contribution in [0, 0.1) is 0 Å². The van der Waals surface area contributed by atoms with Crippen molar-refractivity contribution in [1.29, 1.82) is 0 Å². The molecular weight excluding hydrogens is 400 g/mol. The zero-order valence-corrected chi connectivity index (χ0v) is 17.9. The molecule has 1 aliphatic rings. The number of aromatic nitrogens is 3. The third-order valence-corrected chi connectivity index (χ3v) is 5.82. The summed E-state index contributed by atoms with van der Waals surface area (Å²) in [5.41, 5.74) is 4.86. The molecule has 0 aliphatic carbocycles. The second kappa shape index (κ2) is 9.30. The highest BCUT2D eigenvalue weighted by molar-refractivity contribution is 5.91. The zero-order chi connectivity index (χ0) is 21.8. The topological polar surface area (TPSA) is 77.4 Å². The van der Waals surface area contributed by atoms with Gasteiger partial charge in [0.15, 0.2) is 0 Å². The molecule has 0 amide bonds. The van der Waals surface area contributed by atoms with Gasteiger partial charge in [-0.05, 0) is 30.3 Å². The average Bonchev–Trinajstić information content (AvgIpc) is 2.85. The highest BCUT2D eigenvalue weighted by atomic mass is 16.3. The molecule has 0 radical (unpaired) electrons. The lowest BCUT2D eigenvalue weighted by Gasteiger charge is -2.35. The second-order valence-electron chi connectivity index (χ2n) is 7.88. The molecular formula is C25H26N6O. The van der Waals surface area contributed by atoms with Crippen molar-refractivity contribution in [1.82, 2.24) is 19.9 Å². The fourth-order valence-corrected chi connectivity index (χ4v) is 4.08. The van der Waals surface area contributed by atoms with Crippen molar-refractivity contribution in [3.8, 4) is 11.3 Å². The van der Waals surface area contributed by atoms with E-state index in [0.717, 1.165) is 60.6 Å². The fourth-order valence-electron chi connectivity index (χ4n) is 4.08. The maximum atomic E-state index is 9.11. The molecule has 0 bridgehead atoms. The van der Waals surface area contributed by atoms with Crippen LogP contribution in [0.2, 0.25) is 0 Å². The minimum Gasteiger partial charge on any atom is -0.395 e. The van der Waals surface area contributed by atoms with Gasteiger partial charge < -0.3 is 15.3 Å². The van der Waals surface area contributed by atoms with E-state index in [1.807, 2.05) is 42.6 Å². The first-order chi connectivity index (χ1) is 15.8. The van der Waals surface area contributed by atoms with E-state index in [1.165, 1.54) is 5.69 Å². The SMILES string of the molecule is OCCN1CCN(c2ccc(Nc3ncc4ccnc(-c5ccccc5)c4n3)cc2)CC1. The third-order valence-electron chi connectivity index (χ3n) is 5.82. The number of anilines is 3. The lowest BCUT2D eigenvalue weighted by molar-refractivity contribution is 0.189. The highest BCUT2D eigenvalue weighted by Crippen LogP contribution is 2.26. The van der Waals surface area contributed by atoms with E-state index in [4.69, 9.17) is 10.1 Å². The summed E-state index contributed by atoms with van der Waals surface area (Å²) in [6.07, 6.45) is 3.63. The van der Waals surface area contributed by atoms with Gasteiger partial charge in [0.25, 0.3) is 0 Å². The number of rotatable bonds is 6. The van der Waals surface area contributed by atoms with Crippen LogP contribution in [-0.2, 0) is 0 Å². The van der Waals surface area contributed by atoms with E-state index in [1.54, 1.807) is 6.20 Å². The summed E-state index contributed by atoms with van der Waals surface area (Å²) < 4.78 is 0. The van der Waals surface area contributed by atoms with Crippen LogP contribution in [0.1, 0.15) is 0 Å². The second-order valence-corrected chi connectivity index (χ2v) is 7.88. The Morgan fingerprint density at radius 2 is 1.66 bits per heavy atom. The number of nitrogens with one attached hydrogen (secondary N) is 1. The van der Waals surface area contributed by atoms with Crippen LogP contribution in [0.25, 0.3) is 22.2 Å². The van der Waals surface area contributed by atoms with Crippen molar-refractivity contribution in [3.05, 3.63) is 73.1 Å². The number of piperazine rings is 1. The summed E-state index contributed by atoms with van der Waals surface area (Å²) in [6.45, 7) is 4.86. The minimum atomic E-state index is 0.222. The summed E-state index contributed by atoms with van der Waals surface area (Å²) >= 11 is 0. The molecule has 0 atom stereocenters. The van der Waals surface area contributed by atoms with Crippen LogP contribution in [0.3, 0.4) is 0 Å². The van der Waals surface area contributed by atoms with Crippen LogP contribution in [0.15, 0.2) is 73.1 Å². The van der Waals surface area contributed by atoms with Gasteiger partial charge in [0, 0.05) is 67.4 Å². The van der Waals surface area contributed by atoms with E-state index in [-0.39, 0.29) is 6.61 Å². The first-order valence-electron chi connectivity index (χ1n) is 10.9. The van der Waals surface area contributed by atoms with Gasteiger partial charge in [-0.15, -0.1) is 0 Å². The Labute approximate surface area is 187 Å². The number of aliphatic hydroxyl groups is 1. The van der Waals surface area contributed by atoms with Gasteiger partial charge in [0.2, 0.25) is 5.95 Å². The fraction of sp³-hybridized carbons (Fsp3) is 0.240. The largest absolute Gasteiger partial charge is 0.395 e. The maximum Gasteiger partial charge on any atom is 0.227 e. The molecule has 0 unspecified atom stereocenters. The van der Waals surface area contributed by atoms with Crippen LogP contribution < -0.4 is 10.2 Å². The van der Waals surface area contributed by atoms with Crippen molar-refractivity contribution in [3.63, 3.8) is 0 Å². The molecule has 162 valence electrons. The van der Waals surface area contributed by atoms with E-state index >= 15 is 0 Å². The standard InChI is InChI=1S/C25H26N6O/c32-17-16-30-12-14-31(15-13-30)22-8-6-21(7-9-22)28-25-27-18-20-10-11-26-23(24(20)29-25)19-4-2-1-3-5-19/h1-11,18,32H,12-17H2,(H,27,28,29). The predicted molar refractivity (Wildman–Crippen MR) is 128 cm³/mol. The van der Waals surface area contributed by atoms with Crippen LogP contribution in [0.5, 0.6) is 0 Å². The quantitative estimate of drug-likeness (QED) is 0.488. The van der Waals surface area contributed by atoms with E-state index < -0.39 is 0 Å². The lowest BCUT2D eigenvalue weighted by Crippen LogP contribution is -2.47. The molecule has 5 rings (SSSR count). The number of hydrogen-bond acceptors (Lipinski definition) is 7. The summed E-state index contributed by atoms with van der Waals surface area (Å²) in [6, 6.07) is 20.4. The van der Waals surface area contributed by atoms with Crippen molar-refractivity contribution in [2.75, 3.05) is 49.5 Å². The molecule has 7 nitrogen and oxygen atoms in total. The molecule has 0 spiro atoms. The minimum absolute atomic E-state index is 0.222. The number of β-amino-alcohol motifs (C(OH)–C–C–N with tert-alkyl or cyclic N) is 1. The number of nitrogens with zero attached hydrogens (tertiary/aromatic N) is 5. The molecule has 2 N–H and O–H groups in total. The molecule has 1 fully saturated rings. The number of benzene rings is 2. The van der Waals surface area contributed by atoms with Gasteiger partial charge in [0.1, 0.15) is 5.52 Å². The van der Waals surface area contributed by atoms with E-state index in [2.05, 4.69) is 49.4 Å². The first-order valence-corrected chi connectivity index (χ1v) is 10.9. The Hall–Kier alpha value is -3.55. The summed E-state index contributed by atoms with van der Waals surface area (Å²) in [4.78, 5) is 18.5. The third kappa shape index (κ3) is 4.39. The Morgan fingerprint density at radius 1 is 0.875 bits per heavy atom. The van der Waals surface area contributed by atoms with Crippen LogP contribution >= 0.6 is 0 Å². The van der Waals surface area contributed by atoms with Gasteiger partial charge in [-0.3, -0.25) is 9.88 Å². The maximum absolute atomic E-state index is 9.11. The Balaban J connectivity index is 1.33. The number of fused-ring (bicyclic) bond motifs is 1. The van der Waals surface area contributed by atoms with Crippen molar-refractivity contribution >= 4 is 28.2 Å². The van der Waals surface area contributed by atoms with Crippen molar-refractivity contribution in [2.24, 2.45) is 0 Å². The predicted octanol–water partition coefficient (Wildman–Crippen LogP) is 3.55. The van der Waals surface area contributed by atoms with Crippen LogP contribution in [0.4, 0.5) is 17.3 Å². The summed E-state index contributed by atoms with van der Waals surface area (Å²) in [5, 5.41) is 13.4.